The number of nitrogens with zero attached hydrogens (tertiary/aromatic N) is 2. The normalized spacial score (nSPS) is 17.5. The molecule has 1 aromatic heterocycles. The SMILES string of the molecule is Cc1ccc(Cl)cc1NC(=O)c1ccc(N2C[C@H]3C[C@@H](C2)c2cccc(=O)n2C3)c(NC(=O)c2ccccc2Cl)c1. The van der Waals surface area contributed by atoms with Crippen LogP contribution in [0.5, 0.6) is 0 Å². The van der Waals surface area contributed by atoms with Crippen molar-refractivity contribution >= 4 is 52.1 Å². The minimum Gasteiger partial charge on any atom is -0.369 e. The molecule has 9 heteroatoms. The molecule has 2 aliphatic rings. The summed E-state index contributed by atoms with van der Waals surface area (Å²) in [4.78, 5) is 41.4. The van der Waals surface area contributed by atoms with Crippen LogP contribution in [0, 0.1) is 12.8 Å². The lowest BCUT2D eigenvalue weighted by molar-refractivity contribution is 0.101. The quantitative estimate of drug-likeness (QED) is 0.276. The van der Waals surface area contributed by atoms with Gasteiger partial charge in [0.25, 0.3) is 17.4 Å². The maximum atomic E-state index is 13.4. The zero-order chi connectivity index (χ0) is 28.7. The van der Waals surface area contributed by atoms with Gasteiger partial charge in [-0.2, -0.15) is 0 Å². The first kappa shape index (κ1) is 27.1. The molecule has 208 valence electrons. The average molecular weight is 588 g/mol. The number of hydrogen-bond acceptors (Lipinski definition) is 4. The highest BCUT2D eigenvalue weighted by Gasteiger charge is 2.35. The van der Waals surface area contributed by atoms with E-state index in [1.807, 2.05) is 35.8 Å². The van der Waals surface area contributed by atoms with E-state index in [0.29, 0.717) is 45.6 Å². The third kappa shape index (κ3) is 5.47. The molecule has 0 radical (unpaired) electrons. The molecular weight excluding hydrogens is 559 g/mol. The second-order valence-electron chi connectivity index (χ2n) is 10.7. The predicted molar refractivity (Wildman–Crippen MR) is 164 cm³/mol. The summed E-state index contributed by atoms with van der Waals surface area (Å²) in [7, 11) is 0. The molecule has 7 nitrogen and oxygen atoms in total. The topological polar surface area (TPSA) is 83.4 Å². The smallest absolute Gasteiger partial charge is 0.257 e. The lowest BCUT2D eigenvalue weighted by Crippen LogP contribution is -2.47. The first-order valence-corrected chi connectivity index (χ1v) is 14.2. The third-order valence-electron chi connectivity index (χ3n) is 7.89. The molecule has 0 aliphatic carbocycles. The minimum absolute atomic E-state index is 0.0312. The molecule has 3 aromatic carbocycles. The monoisotopic (exact) mass is 586 g/mol. The Hall–Kier alpha value is -4.07. The Morgan fingerprint density at radius 3 is 2.46 bits per heavy atom. The summed E-state index contributed by atoms with van der Waals surface area (Å²) in [6, 6.07) is 23.0. The van der Waals surface area contributed by atoms with Crippen LogP contribution in [0.2, 0.25) is 10.0 Å². The van der Waals surface area contributed by atoms with Crippen molar-refractivity contribution in [1.29, 1.82) is 0 Å². The second kappa shape index (κ2) is 11.1. The van der Waals surface area contributed by atoms with Crippen molar-refractivity contribution in [2.75, 3.05) is 28.6 Å². The first-order valence-electron chi connectivity index (χ1n) is 13.5. The Labute approximate surface area is 247 Å². The lowest BCUT2D eigenvalue weighted by atomic mass is 9.83. The van der Waals surface area contributed by atoms with E-state index in [1.54, 1.807) is 54.6 Å². The molecule has 0 unspecified atom stereocenters. The number of pyridine rings is 1. The van der Waals surface area contributed by atoms with Crippen LogP contribution in [0.25, 0.3) is 0 Å². The molecule has 1 saturated heterocycles. The fraction of sp³-hybridized carbons (Fsp3) is 0.219. The molecule has 2 N–H and O–H groups in total. The van der Waals surface area contributed by atoms with Gasteiger partial charge in [-0.1, -0.05) is 47.5 Å². The number of nitrogens with one attached hydrogen (secondary N) is 2. The molecule has 1 fully saturated rings. The number of aromatic nitrogens is 1. The Balaban J connectivity index is 1.35. The Morgan fingerprint density at radius 1 is 0.829 bits per heavy atom. The molecule has 2 aliphatic heterocycles. The van der Waals surface area contributed by atoms with Crippen LogP contribution in [-0.4, -0.2) is 29.5 Å². The zero-order valence-corrected chi connectivity index (χ0v) is 23.9. The van der Waals surface area contributed by atoms with Crippen LogP contribution in [0.3, 0.4) is 0 Å². The van der Waals surface area contributed by atoms with Gasteiger partial charge in [0.1, 0.15) is 0 Å². The Kier molecular flexibility index (Phi) is 7.32. The van der Waals surface area contributed by atoms with Crippen LogP contribution >= 0.6 is 23.2 Å². The number of anilines is 3. The van der Waals surface area contributed by atoms with Crippen LogP contribution in [0.4, 0.5) is 17.1 Å². The van der Waals surface area contributed by atoms with Gasteiger partial charge in [-0.15, -0.1) is 0 Å². The summed E-state index contributed by atoms with van der Waals surface area (Å²) in [5.74, 6) is -0.229. The molecule has 2 amide bonds. The van der Waals surface area contributed by atoms with Crippen LogP contribution < -0.4 is 21.1 Å². The summed E-state index contributed by atoms with van der Waals surface area (Å²) < 4.78 is 1.89. The summed E-state index contributed by atoms with van der Waals surface area (Å²) in [5.41, 5.74) is 4.61. The van der Waals surface area contributed by atoms with Crippen molar-refractivity contribution < 1.29 is 9.59 Å². The van der Waals surface area contributed by atoms with Gasteiger partial charge in [-0.05, 0) is 73.4 Å². The lowest BCUT2D eigenvalue weighted by Gasteiger charge is -2.44. The zero-order valence-electron chi connectivity index (χ0n) is 22.4. The number of aryl methyl sites for hydroxylation is 1. The Bertz CT molecular complexity index is 1730. The second-order valence-corrected chi connectivity index (χ2v) is 11.5. The van der Waals surface area contributed by atoms with E-state index in [4.69, 9.17) is 23.2 Å². The molecule has 3 heterocycles. The molecule has 4 aromatic rings. The summed E-state index contributed by atoms with van der Waals surface area (Å²) in [5, 5.41) is 6.81. The molecule has 2 bridgehead atoms. The number of fused-ring (bicyclic) bond motifs is 4. The van der Waals surface area contributed by atoms with Gasteiger partial charge >= 0.3 is 0 Å². The van der Waals surface area contributed by atoms with E-state index in [2.05, 4.69) is 15.5 Å². The van der Waals surface area contributed by atoms with Crippen molar-refractivity contribution in [3.63, 3.8) is 0 Å². The highest BCUT2D eigenvalue weighted by Crippen LogP contribution is 2.39. The summed E-state index contributed by atoms with van der Waals surface area (Å²) in [6.45, 7) is 3.95. The van der Waals surface area contributed by atoms with E-state index < -0.39 is 0 Å². The summed E-state index contributed by atoms with van der Waals surface area (Å²) in [6.07, 6.45) is 1.00. The maximum Gasteiger partial charge on any atom is 0.257 e. The van der Waals surface area contributed by atoms with Crippen molar-refractivity contribution in [1.82, 2.24) is 4.57 Å². The third-order valence-corrected chi connectivity index (χ3v) is 8.46. The van der Waals surface area contributed by atoms with E-state index in [0.717, 1.165) is 29.9 Å². The van der Waals surface area contributed by atoms with Gasteiger partial charge in [0.05, 0.1) is 22.0 Å². The number of hydrogen-bond donors (Lipinski definition) is 2. The van der Waals surface area contributed by atoms with E-state index in [9.17, 15) is 14.4 Å². The van der Waals surface area contributed by atoms with Gasteiger partial charge in [0, 0.05) is 53.6 Å². The van der Waals surface area contributed by atoms with Gasteiger partial charge < -0.3 is 20.1 Å². The van der Waals surface area contributed by atoms with E-state index >= 15 is 0 Å². The average Bonchev–Trinajstić information content (AvgIpc) is 2.95. The van der Waals surface area contributed by atoms with E-state index in [-0.39, 0.29) is 29.2 Å². The van der Waals surface area contributed by atoms with Crippen LogP contribution in [-0.2, 0) is 6.54 Å². The van der Waals surface area contributed by atoms with E-state index in [1.165, 1.54) is 0 Å². The number of carbonyl (C=O) groups is 2. The largest absolute Gasteiger partial charge is 0.369 e. The van der Waals surface area contributed by atoms with Gasteiger partial charge in [0.2, 0.25) is 0 Å². The van der Waals surface area contributed by atoms with Crippen molar-refractivity contribution in [2.45, 2.75) is 25.8 Å². The molecule has 41 heavy (non-hydrogen) atoms. The molecule has 2 atom stereocenters. The van der Waals surface area contributed by atoms with Crippen molar-refractivity contribution in [2.24, 2.45) is 5.92 Å². The van der Waals surface area contributed by atoms with Crippen molar-refractivity contribution in [3.05, 3.63) is 122 Å². The highest BCUT2D eigenvalue weighted by atomic mass is 35.5. The van der Waals surface area contributed by atoms with Gasteiger partial charge in [-0.3, -0.25) is 14.4 Å². The number of carbonyl (C=O) groups excluding carboxylic acids is 2. The standard InChI is InChI=1S/C32H28Cl2N4O3/c1-19-9-11-23(33)15-26(19)35-31(40)21-10-12-29(27(14-21)36-32(41)24-5-2-3-6-25(24)34)37-16-20-13-22(18-37)28-7-4-8-30(39)38(28)17-20/h2-12,14-15,20,22H,13,16-18H2,1H3,(H,35,40)(H,36,41)/t20-,22+/m1/s1. The summed E-state index contributed by atoms with van der Waals surface area (Å²) >= 11 is 12.5. The maximum absolute atomic E-state index is 13.4. The molecule has 6 rings (SSSR count). The highest BCUT2D eigenvalue weighted by molar-refractivity contribution is 6.34. The fourth-order valence-corrected chi connectivity index (χ4v) is 6.30. The van der Waals surface area contributed by atoms with Gasteiger partial charge in [-0.25, -0.2) is 0 Å². The fourth-order valence-electron chi connectivity index (χ4n) is 5.90. The number of rotatable bonds is 5. The minimum atomic E-state index is -0.366. The molecular formula is C32H28Cl2N4O3. The number of piperidine rings is 1. The Morgan fingerprint density at radius 2 is 1.63 bits per heavy atom. The number of amides is 2. The number of halogens is 2. The van der Waals surface area contributed by atoms with Crippen LogP contribution in [0.15, 0.2) is 83.7 Å². The predicted octanol–water partition coefficient (Wildman–Crippen LogP) is 6.59. The first-order chi connectivity index (χ1) is 19.8. The number of benzene rings is 3. The van der Waals surface area contributed by atoms with Crippen LogP contribution in [0.1, 0.15) is 44.3 Å². The molecule has 0 saturated carbocycles. The van der Waals surface area contributed by atoms with Crippen molar-refractivity contribution in [3.8, 4) is 0 Å². The molecule has 0 spiro atoms. The van der Waals surface area contributed by atoms with Gasteiger partial charge in [0.15, 0.2) is 0 Å².